The Hall–Kier alpha value is -1.68. The number of ether oxygens (including phenoxy) is 1. The molecule has 0 saturated heterocycles. The van der Waals surface area contributed by atoms with E-state index in [-0.39, 0.29) is 11.9 Å². The van der Waals surface area contributed by atoms with Crippen LogP contribution in [-0.4, -0.2) is 18.1 Å². The van der Waals surface area contributed by atoms with Crippen LogP contribution in [0.4, 0.5) is 0 Å². The maximum Gasteiger partial charge on any atom is 0.309 e. The molecule has 104 valence electrons. The van der Waals surface area contributed by atoms with Crippen molar-refractivity contribution in [2.45, 2.75) is 26.2 Å². The molecule has 1 aliphatic carbocycles. The van der Waals surface area contributed by atoms with Gasteiger partial charge >= 0.3 is 5.97 Å². The van der Waals surface area contributed by atoms with Crippen LogP contribution in [0, 0.1) is 12.8 Å². The summed E-state index contributed by atoms with van der Waals surface area (Å²) in [5.41, 5.74) is 4.81. The lowest BCUT2D eigenvalue weighted by molar-refractivity contribution is -0.145. The van der Waals surface area contributed by atoms with Crippen molar-refractivity contribution in [3.8, 4) is 10.6 Å². The number of carbonyl (C=O) groups is 1. The number of esters is 1. The Morgan fingerprint density at radius 1 is 1.40 bits per heavy atom. The number of thiazole rings is 1. The first kappa shape index (κ1) is 13.3. The minimum atomic E-state index is -0.0915. The molecule has 0 radical (unpaired) electrons. The molecule has 0 saturated carbocycles. The Kier molecular flexibility index (Phi) is 3.57. The van der Waals surface area contributed by atoms with Crippen molar-refractivity contribution in [2.75, 3.05) is 7.11 Å². The molecule has 0 aliphatic heterocycles. The van der Waals surface area contributed by atoms with E-state index < -0.39 is 0 Å². The fourth-order valence-electron chi connectivity index (χ4n) is 2.74. The highest BCUT2D eigenvalue weighted by Gasteiger charge is 2.25. The second-order valence-electron chi connectivity index (χ2n) is 5.24. The van der Waals surface area contributed by atoms with E-state index in [1.807, 2.05) is 6.92 Å². The molecule has 3 rings (SSSR count). The molecule has 20 heavy (non-hydrogen) atoms. The van der Waals surface area contributed by atoms with Crippen molar-refractivity contribution in [2.24, 2.45) is 5.92 Å². The molecular formula is C16H17NO2S. The number of fused-ring (bicyclic) bond motifs is 1. The average molecular weight is 287 g/mol. The number of carbonyl (C=O) groups excluding carboxylic acids is 1. The highest BCUT2D eigenvalue weighted by atomic mass is 32.1. The van der Waals surface area contributed by atoms with Crippen molar-refractivity contribution in [1.82, 2.24) is 4.98 Å². The zero-order valence-corrected chi connectivity index (χ0v) is 12.5. The summed E-state index contributed by atoms with van der Waals surface area (Å²) >= 11 is 1.66. The van der Waals surface area contributed by atoms with Gasteiger partial charge in [-0.3, -0.25) is 4.79 Å². The van der Waals surface area contributed by atoms with Crippen molar-refractivity contribution < 1.29 is 9.53 Å². The smallest absolute Gasteiger partial charge is 0.309 e. The third-order valence-corrected chi connectivity index (χ3v) is 4.84. The molecule has 2 aromatic rings. The van der Waals surface area contributed by atoms with E-state index in [1.54, 1.807) is 11.3 Å². The Balaban J connectivity index is 1.90. The van der Waals surface area contributed by atoms with Gasteiger partial charge < -0.3 is 4.74 Å². The number of hydrogen-bond acceptors (Lipinski definition) is 4. The average Bonchev–Trinajstić information content (AvgIpc) is 2.92. The van der Waals surface area contributed by atoms with E-state index in [9.17, 15) is 4.79 Å². The zero-order valence-electron chi connectivity index (χ0n) is 11.7. The lowest BCUT2D eigenvalue weighted by Gasteiger charge is -2.23. The molecule has 1 unspecified atom stereocenters. The van der Waals surface area contributed by atoms with E-state index in [0.717, 1.165) is 35.5 Å². The summed E-state index contributed by atoms with van der Waals surface area (Å²) in [5.74, 6) is -0.0908. The lowest BCUT2D eigenvalue weighted by Crippen LogP contribution is -2.23. The first-order chi connectivity index (χ1) is 9.67. The maximum absolute atomic E-state index is 11.7. The summed E-state index contributed by atoms with van der Waals surface area (Å²) < 4.78 is 4.87. The van der Waals surface area contributed by atoms with E-state index in [4.69, 9.17) is 4.74 Å². The Labute approximate surface area is 122 Å². The van der Waals surface area contributed by atoms with Gasteiger partial charge in [0.25, 0.3) is 0 Å². The first-order valence-corrected chi connectivity index (χ1v) is 7.67. The number of nitrogens with zero attached hydrogens (tertiary/aromatic N) is 1. The number of methoxy groups -OCH3 is 1. The number of aryl methyl sites for hydroxylation is 2. The van der Waals surface area contributed by atoms with Crippen molar-refractivity contribution in [1.29, 1.82) is 0 Å². The summed E-state index contributed by atoms with van der Waals surface area (Å²) in [4.78, 5) is 16.2. The van der Waals surface area contributed by atoms with Gasteiger partial charge in [0.2, 0.25) is 0 Å². The standard InChI is InChI=1S/C16H17NO2S/c1-10-9-20-15(17-10)12-5-3-11-4-6-13(16(18)19-2)8-14(11)7-12/h3,5,7,9,13H,4,6,8H2,1-2H3. The molecule has 0 bridgehead atoms. The van der Waals surface area contributed by atoms with Crippen LogP contribution in [0.3, 0.4) is 0 Å². The SMILES string of the molecule is COC(=O)C1CCc2ccc(-c3nc(C)cs3)cc2C1. The molecule has 1 aromatic heterocycles. The summed E-state index contributed by atoms with van der Waals surface area (Å²) in [6, 6.07) is 6.49. The van der Waals surface area contributed by atoms with E-state index in [2.05, 4.69) is 28.6 Å². The van der Waals surface area contributed by atoms with Crippen molar-refractivity contribution in [3.05, 3.63) is 40.4 Å². The Morgan fingerprint density at radius 2 is 2.25 bits per heavy atom. The summed E-state index contributed by atoms with van der Waals surface area (Å²) in [6.07, 6.45) is 2.61. The number of hydrogen-bond donors (Lipinski definition) is 0. The van der Waals surface area contributed by atoms with E-state index in [0.29, 0.717) is 0 Å². The Bertz CT molecular complexity index is 648. The van der Waals surface area contributed by atoms with Gasteiger partial charge in [0, 0.05) is 16.6 Å². The zero-order chi connectivity index (χ0) is 14.1. The highest BCUT2D eigenvalue weighted by Crippen LogP contribution is 2.31. The fourth-order valence-corrected chi connectivity index (χ4v) is 3.54. The second kappa shape index (κ2) is 5.37. The van der Waals surface area contributed by atoms with Crippen LogP contribution >= 0.6 is 11.3 Å². The van der Waals surface area contributed by atoms with Crippen molar-refractivity contribution >= 4 is 17.3 Å². The van der Waals surface area contributed by atoms with Crippen LogP contribution in [0.2, 0.25) is 0 Å². The fraction of sp³-hybridized carbons (Fsp3) is 0.375. The van der Waals surface area contributed by atoms with Gasteiger partial charge in [-0.05, 0) is 43.4 Å². The van der Waals surface area contributed by atoms with Gasteiger partial charge in [-0.15, -0.1) is 11.3 Å². The van der Waals surface area contributed by atoms with Gasteiger partial charge in [0.05, 0.1) is 13.0 Å². The predicted octanol–water partition coefficient (Wildman–Crippen LogP) is 3.40. The topological polar surface area (TPSA) is 39.2 Å². The molecule has 0 fully saturated rings. The summed E-state index contributed by atoms with van der Waals surface area (Å²) in [5, 5.41) is 3.11. The third-order valence-electron chi connectivity index (χ3n) is 3.84. The molecule has 0 N–H and O–H groups in total. The van der Waals surface area contributed by atoms with Gasteiger partial charge in [-0.2, -0.15) is 0 Å². The van der Waals surface area contributed by atoms with Crippen molar-refractivity contribution in [3.63, 3.8) is 0 Å². The van der Waals surface area contributed by atoms with Crippen LogP contribution < -0.4 is 0 Å². The Morgan fingerprint density at radius 3 is 2.95 bits per heavy atom. The maximum atomic E-state index is 11.7. The predicted molar refractivity (Wildman–Crippen MR) is 79.8 cm³/mol. The van der Waals surface area contributed by atoms with Crippen LogP contribution in [-0.2, 0) is 22.4 Å². The van der Waals surface area contributed by atoms with Gasteiger partial charge in [-0.1, -0.05) is 12.1 Å². The minimum absolute atomic E-state index is 0.000723. The van der Waals surface area contributed by atoms with E-state index in [1.165, 1.54) is 18.2 Å². The lowest BCUT2D eigenvalue weighted by atomic mass is 9.83. The molecule has 4 heteroatoms. The molecule has 1 atom stereocenters. The van der Waals surface area contributed by atoms with Crippen LogP contribution in [0.1, 0.15) is 23.2 Å². The van der Waals surface area contributed by atoms with Crippen LogP contribution in [0.15, 0.2) is 23.6 Å². The van der Waals surface area contributed by atoms with Gasteiger partial charge in [0.15, 0.2) is 0 Å². The third kappa shape index (κ3) is 2.48. The molecule has 0 amide bonds. The minimum Gasteiger partial charge on any atom is -0.469 e. The van der Waals surface area contributed by atoms with Crippen LogP contribution in [0.5, 0.6) is 0 Å². The van der Waals surface area contributed by atoms with Gasteiger partial charge in [-0.25, -0.2) is 4.98 Å². The largest absolute Gasteiger partial charge is 0.469 e. The van der Waals surface area contributed by atoms with Gasteiger partial charge in [0.1, 0.15) is 5.01 Å². The molecule has 3 nitrogen and oxygen atoms in total. The monoisotopic (exact) mass is 287 g/mol. The number of rotatable bonds is 2. The summed E-state index contributed by atoms with van der Waals surface area (Å²) in [7, 11) is 1.46. The first-order valence-electron chi connectivity index (χ1n) is 6.79. The molecule has 1 heterocycles. The van der Waals surface area contributed by atoms with Crippen LogP contribution in [0.25, 0.3) is 10.6 Å². The second-order valence-corrected chi connectivity index (χ2v) is 6.10. The van der Waals surface area contributed by atoms with E-state index >= 15 is 0 Å². The number of aromatic nitrogens is 1. The number of benzene rings is 1. The molecule has 1 aromatic carbocycles. The normalized spacial score (nSPS) is 17.6. The molecule has 1 aliphatic rings. The molecule has 0 spiro atoms. The quantitative estimate of drug-likeness (QED) is 0.795. The summed E-state index contributed by atoms with van der Waals surface area (Å²) in [6.45, 7) is 2.01. The highest BCUT2D eigenvalue weighted by molar-refractivity contribution is 7.13. The molecular weight excluding hydrogens is 270 g/mol.